The molecule has 0 saturated heterocycles. The number of hydrogen-bond acceptors (Lipinski definition) is 5. The monoisotopic (exact) mass is 518 g/mol. The molecule has 0 heterocycles. The number of hydrogen-bond donors (Lipinski definition) is 4. The maximum atomic E-state index is 12.7. The van der Waals surface area contributed by atoms with E-state index in [4.69, 9.17) is 33.3 Å². The van der Waals surface area contributed by atoms with Crippen LogP contribution in [0.15, 0.2) is 60.7 Å². The van der Waals surface area contributed by atoms with E-state index >= 15 is 0 Å². The van der Waals surface area contributed by atoms with Crippen molar-refractivity contribution in [2.75, 3.05) is 41.1 Å². The first-order valence-corrected chi connectivity index (χ1v) is 12.2. The van der Waals surface area contributed by atoms with Crippen molar-refractivity contribution in [3.63, 3.8) is 0 Å². The number of ether oxygens (including phenoxy) is 2. The minimum Gasteiger partial charge on any atom is -0.495 e. The minimum absolute atomic E-state index is 0.323. The summed E-state index contributed by atoms with van der Waals surface area (Å²) in [4.78, 5) is 12.7. The van der Waals surface area contributed by atoms with Gasteiger partial charge < -0.3 is 30.1 Å². The fourth-order valence-electron chi connectivity index (χ4n) is 3.00. The lowest BCUT2D eigenvalue weighted by Gasteiger charge is -2.15. The first-order chi connectivity index (χ1) is 16.3. The largest absolute Gasteiger partial charge is 0.495 e. The van der Waals surface area contributed by atoms with E-state index in [0.29, 0.717) is 49.9 Å². The van der Waals surface area contributed by atoms with E-state index in [1.165, 1.54) is 20.5 Å². The summed E-state index contributed by atoms with van der Waals surface area (Å²) in [6.45, 7) is 0. The second kappa shape index (κ2) is 11.7. The van der Waals surface area contributed by atoms with Crippen molar-refractivity contribution in [3.8, 4) is 11.5 Å². The van der Waals surface area contributed by atoms with E-state index in [0.717, 1.165) is 0 Å². The predicted molar refractivity (Wildman–Crippen MR) is 143 cm³/mol. The highest BCUT2D eigenvalue weighted by Crippen LogP contribution is 2.36. The normalized spacial score (nSPS) is 11.2. The molecule has 4 N–H and O–H groups in total. The van der Waals surface area contributed by atoms with Gasteiger partial charge in [-0.15, -0.1) is 0 Å². The third-order valence-electron chi connectivity index (χ3n) is 4.55. The van der Waals surface area contributed by atoms with Gasteiger partial charge in [-0.05, 0) is 54.7 Å². The molecule has 0 aliphatic heterocycles. The average molecular weight is 519 g/mol. The molecule has 11 heteroatoms. The van der Waals surface area contributed by atoms with Crippen molar-refractivity contribution in [1.29, 1.82) is 0 Å². The molecule has 3 aromatic carbocycles. The molecule has 0 spiro atoms. The molecule has 0 aliphatic carbocycles. The van der Waals surface area contributed by atoms with Crippen molar-refractivity contribution in [2.45, 2.75) is 0 Å². The molecule has 1 unspecified atom stereocenters. The lowest BCUT2D eigenvalue weighted by molar-refractivity contribution is 0.102. The zero-order valence-electron chi connectivity index (χ0n) is 18.6. The third-order valence-corrected chi connectivity index (χ3v) is 5.56. The number of methoxy groups -OCH3 is 2. The summed E-state index contributed by atoms with van der Waals surface area (Å²) in [7, 11) is 1.76. The molecule has 0 saturated carbocycles. The molecule has 1 amide bonds. The summed E-state index contributed by atoms with van der Waals surface area (Å²) in [6.07, 6.45) is 1.50. The Bertz CT molecular complexity index is 1220. The van der Waals surface area contributed by atoms with E-state index in [1.807, 2.05) is 0 Å². The van der Waals surface area contributed by atoms with Crippen molar-refractivity contribution >= 4 is 68.6 Å². The Labute approximate surface area is 210 Å². The Morgan fingerprint density at radius 3 is 2.12 bits per heavy atom. The fraction of sp³-hybridized carbons (Fsp3) is 0.130. The predicted octanol–water partition coefficient (Wildman–Crippen LogP) is 5.12. The number of halogens is 1. The molecule has 0 aliphatic rings. The molecular weight excluding hydrogens is 496 g/mol. The zero-order chi connectivity index (χ0) is 24.7. The first-order valence-electron chi connectivity index (χ1n) is 9.90. The molecule has 34 heavy (non-hydrogen) atoms. The van der Waals surface area contributed by atoms with E-state index in [1.54, 1.807) is 60.7 Å². The van der Waals surface area contributed by atoms with Crippen molar-refractivity contribution < 1.29 is 18.5 Å². The highest BCUT2D eigenvalue weighted by atomic mass is 35.5. The summed E-state index contributed by atoms with van der Waals surface area (Å²) < 4.78 is 24.8. The van der Waals surface area contributed by atoms with Crippen molar-refractivity contribution in [2.24, 2.45) is 0 Å². The van der Waals surface area contributed by atoms with Crippen LogP contribution in [-0.4, -0.2) is 35.7 Å². The second-order valence-electron chi connectivity index (χ2n) is 6.90. The van der Waals surface area contributed by atoms with E-state index < -0.39 is 11.0 Å². The molecule has 0 fully saturated rings. The number of thiocarbonyl (C=S) groups is 1. The van der Waals surface area contributed by atoms with Crippen LogP contribution in [0.1, 0.15) is 10.4 Å². The molecular formula is C23H23ClN4O4S2. The van der Waals surface area contributed by atoms with Gasteiger partial charge in [-0.25, -0.2) is 4.21 Å². The molecule has 1 atom stereocenters. The summed E-state index contributed by atoms with van der Waals surface area (Å²) in [5.74, 6) is 0.682. The van der Waals surface area contributed by atoms with Crippen LogP contribution in [0.5, 0.6) is 11.5 Å². The number of carbonyl (C=O) groups excluding carboxylic acids is 1. The third kappa shape index (κ3) is 6.60. The molecule has 0 radical (unpaired) electrons. The standard InChI is InChI=1S/C23H23ClN4O4S2/c1-31-20-13-21(32-2)19(12-17(20)24)27-23(33)26-15-10-8-14(9-11-15)25-22(29)16-6-4-5-7-18(16)28-34(3)30/h4-13,28H,1-3H3,(H,25,29)(H2,26,27,33). The maximum Gasteiger partial charge on any atom is 0.257 e. The summed E-state index contributed by atoms with van der Waals surface area (Å²) in [5, 5.41) is 9.68. The lowest BCUT2D eigenvalue weighted by atomic mass is 10.1. The number of rotatable bonds is 8. The van der Waals surface area contributed by atoms with E-state index in [2.05, 4.69) is 20.7 Å². The molecule has 178 valence electrons. The minimum atomic E-state index is -1.30. The number of carbonyl (C=O) groups is 1. The van der Waals surface area contributed by atoms with E-state index in [-0.39, 0.29) is 5.91 Å². The fourth-order valence-corrected chi connectivity index (χ4v) is 3.96. The Hall–Kier alpha value is -3.34. The highest BCUT2D eigenvalue weighted by molar-refractivity contribution is 7.85. The van der Waals surface area contributed by atoms with Crippen LogP contribution in [0.4, 0.5) is 22.7 Å². The van der Waals surface area contributed by atoms with Gasteiger partial charge in [-0.1, -0.05) is 23.7 Å². The van der Waals surface area contributed by atoms with Gasteiger partial charge >= 0.3 is 0 Å². The summed E-state index contributed by atoms with van der Waals surface area (Å²) in [6, 6.07) is 17.2. The number of nitrogens with one attached hydrogen (secondary N) is 4. The molecule has 0 aromatic heterocycles. The van der Waals surface area contributed by atoms with Gasteiger partial charge in [0, 0.05) is 23.7 Å². The van der Waals surface area contributed by atoms with Crippen LogP contribution < -0.4 is 30.1 Å². The van der Waals surface area contributed by atoms with Gasteiger partial charge in [0.1, 0.15) is 22.5 Å². The van der Waals surface area contributed by atoms with Crippen molar-refractivity contribution in [3.05, 3.63) is 71.2 Å². The van der Waals surface area contributed by atoms with Crippen LogP contribution in [0, 0.1) is 0 Å². The van der Waals surface area contributed by atoms with Crippen molar-refractivity contribution in [1.82, 2.24) is 0 Å². The van der Waals surface area contributed by atoms with Gasteiger partial charge in [0.05, 0.1) is 36.2 Å². The van der Waals surface area contributed by atoms with Gasteiger partial charge in [0.2, 0.25) is 0 Å². The van der Waals surface area contributed by atoms with Gasteiger partial charge in [0.25, 0.3) is 5.91 Å². The van der Waals surface area contributed by atoms with Crippen LogP contribution >= 0.6 is 23.8 Å². The number of benzene rings is 3. The van der Waals surface area contributed by atoms with Gasteiger partial charge in [-0.3, -0.25) is 4.79 Å². The molecule has 3 rings (SSSR count). The second-order valence-corrected chi connectivity index (χ2v) is 8.83. The van der Waals surface area contributed by atoms with Crippen LogP contribution in [-0.2, 0) is 11.0 Å². The zero-order valence-corrected chi connectivity index (χ0v) is 21.0. The molecule has 0 bridgehead atoms. The van der Waals surface area contributed by atoms with Crippen LogP contribution in [0.25, 0.3) is 0 Å². The molecule has 8 nitrogen and oxygen atoms in total. The number of anilines is 4. The quantitative estimate of drug-likeness (QED) is 0.307. The van der Waals surface area contributed by atoms with Crippen LogP contribution in [0.2, 0.25) is 5.02 Å². The Morgan fingerprint density at radius 2 is 1.50 bits per heavy atom. The van der Waals surface area contributed by atoms with E-state index in [9.17, 15) is 9.00 Å². The summed E-state index contributed by atoms with van der Waals surface area (Å²) >= 11 is 11.6. The topological polar surface area (TPSA) is 101 Å². The lowest BCUT2D eigenvalue weighted by Crippen LogP contribution is -2.19. The Kier molecular flexibility index (Phi) is 8.69. The Morgan fingerprint density at radius 1 is 0.882 bits per heavy atom. The molecule has 3 aromatic rings. The Balaban J connectivity index is 1.64. The smallest absolute Gasteiger partial charge is 0.257 e. The van der Waals surface area contributed by atoms with Gasteiger partial charge in [0.15, 0.2) is 5.11 Å². The average Bonchev–Trinajstić information content (AvgIpc) is 2.80. The number of para-hydroxylation sites is 1. The highest BCUT2D eigenvalue weighted by Gasteiger charge is 2.13. The summed E-state index contributed by atoms with van der Waals surface area (Å²) in [5.41, 5.74) is 2.75. The first kappa shape index (κ1) is 25.3. The van der Waals surface area contributed by atoms with Gasteiger partial charge in [-0.2, -0.15) is 0 Å². The SMILES string of the molecule is COc1cc(OC)c(NC(=S)Nc2ccc(NC(=O)c3ccccc3NS(C)=O)cc2)cc1Cl. The number of amides is 1. The van der Waals surface area contributed by atoms with Crippen LogP contribution in [0.3, 0.4) is 0 Å². The maximum absolute atomic E-state index is 12.7.